The first kappa shape index (κ1) is 17.9. The van der Waals surface area contributed by atoms with E-state index in [2.05, 4.69) is 31.1 Å². The number of carbonyl (C=O) groups is 2. The summed E-state index contributed by atoms with van der Waals surface area (Å²) in [6, 6.07) is 10.5. The molecule has 1 aromatic heterocycles. The molecule has 1 amide bonds. The van der Waals surface area contributed by atoms with Gasteiger partial charge in [0.05, 0.1) is 5.56 Å². The van der Waals surface area contributed by atoms with Gasteiger partial charge in [0.1, 0.15) is 5.15 Å². The van der Waals surface area contributed by atoms with Gasteiger partial charge < -0.3 is 10.1 Å². The first-order valence-corrected chi connectivity index (χ1v) is 7.82. The number of pyridine rings is 1. The van der Waals surface area contributed by atoms with Crippen molar-refractivity contribution in [2.75, 3.05) is 11.9 Å². The predicted octanol–water partition coefficient (Wildman–Crippen LogP) is 3.83. The number of aromatic nitrogens is 1. The minimum Gasteiger partial charge on any atom is -0.452 e. The summed E-state index contributed by atoms with van der Waals surface area (Å²) in [6.45, 7) is 5.98. The molecule has 6 heteroatoms. The molecule has 0 aliphatic heterocycles. The van der Waals surface area contributed by atoms with Crippen LogP contribution in [0.2, 0.25) is 5.15 Å². The second kappa shape index (κ2) is 7.45. The Hall–Kier alpha value is -2.40. The van der Waals surface area contributed by atoms with Gasteiger partial charge in [-0.3, -0.25) is 4.79 Å². The standard InChI is InChI=1S/C18H19ClN2O3/c1-18(2,3)13-5-7-14(8-6-13)21-16(22)11-24-17(23)12-4-9-15(19)20-10-12/h4-10H,11H2,1-3H3,(H,21,22). The second-order valence-corrected chi connectivity index (χ2v) is 6.71. The van der Waals surface area contributed by atoms with Gasteiger partial charge in [-0.2, -0.15) is 0 Å². The molecule has 1 aromatic carbocycles. The molecule has 0 saturated carbocycles. The van der Waals surface area contributed by atoms with Crippen molar-refractivity contribution in [2.24, 2.45) is 0 Å². The number of amides is 1. The zero-order valence-corrected chi connectivity index (χ0v) is 14.6. The van der Waals surface area contributed by atoms with Crippen LogP contribution in [-0.2, 0) is 14.9 Å². The number of esters is 1. The van der Waals surface area contributed by atoms with Crippen molar-refractivity contribution in [1.29, 1.82) is 0 Å². The molecule has 2 rings (SSSR count). The maximum Gasteiger partial charge on any atom is 0.340 e. The Morgan fingerprint density at radius 1 is 1.12 bits per heavy atom. The number of carbonyl (C=O) groups excluding carboxylic acids is 2. The normalized spacial score (nSPS) is 11.0. The highest BCUT2D eigenvalue weighted by Gasteiger charge is 2.14. The van der Waals surface area contributed by atoms with E-state index in [4.69, 9.17) is 16.3 Å². The zero-order chi connectivity index (χ0) is 17.7. The van der Waals surface area contributed by atoms with E-state index >= 15 is 0 Å². The lowest BCUT2D eigenvalue weighted by Gasteiger charge is -2.19. The number of benzene rings is 1. The van der Waals surface area contributed by atoms with Crippen molar-refractivity contribution in [3.05, 3.63) is 58.9 Å². The summed E-state index contributed by atoms with van der Waals surface area (Å²) < 4.78 is 4.95. The molecule has 1 heterocycles. The first-order chi connectivity index (χ1) is 11.3. The maximum atomic E-state index is 11.9. The summed E-state index contributed by atoms with van der Waals surface area (Å²) >= 11 is 5.65. The molecule has 0 unspecified atom stereocenters. The zero-order valence-electron chi connectivity index (χ0n) is 13.8. The van der Waals surface area contributed by atoms with Crippen molar-refractivity contribution in [3.8, 4) is 0 Å². The maximum absolute atomic E-state index is 11.9. The van der Waals surface area contributed by atoms with Crippen LogP contribution >= 0.6 is 11.6 Å². The molecular formula is C18H19ClN2O3. The van der Waals surface area contributed by atoms with E-state index in [9.17, 15) is 9.59 Å². The Morgan fingerprint density at radius 3 is 2.33 bits per heavy atom. The first-order valence-electron chi connectivity index (χ1n) is 7.45. The Kier molecular flexibility index (Phi) is 5.57. The van der Waals surface area contributed by atoms with Crippen LogP contribution in [0.1, 0.15) is 36.7 Å². The van der Waals surface area contributed by atoms with E-state index in [0.717, 1.165) is 0 Å². The number of ether oxygens (including phenoxy) is 1. The van der Waals surface area contributed by atoms with E-state index < -0.39 is 11.9 Å². The third-order valence-corrected chi connectivity index (χ3v) is 3.56. The minimum absolute atomic E-state index is 0.0463. The highest BCUT2D eigenvalue weighted by Crippen LogP contribution is 2.23. The fraction of sp³-hybridized carbons (Fsp3) is 0.278. The molecule has 0 fully saturated rings. The van der Waals surface area contributed by atoms with Crippen LogP contribution in [0.15, 0.2) is 42.6 Å². The van der Waals surface area contributed by atoms with Crippen molar-refractivity contribution < 1.29 is 14.3 Å². The molecule has 0 spiro atoms. The lowest BCUT2D eigenvalue weighted by Crippen LogP contribution is -2.21. The van der Waals surface area contributed by atoms with Gasteiger partial charge in [-0.1, -0.05) is 44.5 Å². The molecular weight excluding hydrogens is 328 g/mol. The summed E-state index contributed by atoms with van der Waals surface area (Å²) in [5.74, 6) is -1.04. The van der Waals surface area contributed by atoms with E-state index in [1.807, 2.05) is 24.3 Å². The molecule has 1 N–H and O–H groups in total. The van der Waals surface area contributed by atoms with Crippen LogP contribution < -0.4 is 5.32 Å². The van der Waals surface area contributed by atoms with Gasteiger partial charge in [0.25, 0.3) is 5.91 Å². The van der Waals surface area contributed by atoms with Gasteiger partial charge >= 0.3 is 5.97 Å². The van der Waals surface area contributed by atoms with Crippen LogP contribution in [-0.4, -0.2) is 23.5 Å². The summed E-state index contributed by atoms with van der Waals surface area (Å²) in [7, 11) is 0. The summed E-state index contributed by atoms with van der Waals surface area (Å²) in [6.07, 6.45) is 1.30. The molecule has 0 bridgehead atoms. The fourth-order valence-electron chi connectivity index (χ4n) is 1.96. The SMILES string of the molecule is CC(C)(C)c1ccc(NC(=O)COC(=O)c2ccc(Cl)nc2)cc1. The third kappa shape index (κ3) is 5.06. The lowest BCUT2D eigenvalue weighted by atomic mass is 9.87. The molecule has 0 atom stereocenters. The van der Waals surface area contributed by atoms with Gasteiger partial charge in [0, 0.05) is 11.9 Å². The predicted molar refractivity (Wildman–Crippen MR) is 93.3 cm³/mol. The topological polar surface area (TPSA) is 68.3 Å². The van der Waals surface area contributed by atoms with Gasteiger partial charge in [0.15, 0.2) is 6.61 Å². The number of rotatable bonds is 4. The number of nitrogens with one attached hydrogen (secondary N) is 1. The average molecular weight is 347 g/mol. The highest BCUT2D eigenvalue weighted by atomic mass is 35.5. The Balaban J connectivity index is 1.87. The van der Waals surface area contributed by atoms with Crippen LogP contribution in [0.4, 0.5) is 5.69 Å². The van der Waals surface area contributed by atoms with Crippen LogP contribution in [0.3, 0.4) is 0 Å². The summed E-state index contributed by atoms with van der Waals surface area (Å²) in [5, 5.41) is 2.96. The Labute approximate surface area is 146 Å². The summed E-state index contributed by atoms with van der Waals surface area (Å²) in [5.41, 5.74) is 2.10. The van der Waals surface area contributed by atoms with E-state index in [1.54, 1.807) is 0 Å². The number of hydrogen-bond donors (Lipinski definition) is 1. The van der Waals surface area contributed by atoms with Gasteiger partial charge in [-0.15, -0.1) is 0 Å². The molecule has 24 heavy (non-hydrogen) atoms. The van der Waals surface area contributed by atoms with Crippen LogP contribution in [0, 0.1) is 0 Å². The second-order valence-electron chi connectivity index (χ2n) is 6.32. The van der Waals surface area contributed by atoms with Gasteiger partial charge in [0.2, 0.25) is 0 Å². The van der Waals surface area contributed by atoms with Gasteiger partial charge in [-0.25, -0.2) is 9.78 Å². The molecule has 0 aliphatic carbocycles. The molecule has 0 saturated heterocycles. The van der Waals surface area contributed by atoms with E-state index in [-0.39, 0.29) is 22.7 Å². The molecule has 126 valence electrons. The number of anilines is 1. The number of halogens is 1. The number of nitrogens with zero attached hydrogens (tertiary/aromatic N) is 1. The number of hydrogen-bond acceptors (Lipinski definition) is 4. The quantitative estimate of drug-likeness (QED) is 0.674. The summed E-state index contributed by atoms with van der Waals surface area (Å²) in [4.78, 5) is 27.4. The molecule has 5 nitrogen and oxygen atoms in total. The third-order valence-electron chi connectivity index (χ3n) is 3.33. The Morgan fingerprint density at radius 2 is 1.79 bits per heavy atom. The fourth-order valence-corrected chi connectivity index (χ4v) is 2.07. The van der Waals surface area contributed by atoms with E-state index in [1.165, 1.54) is 23.9 Å². The molecule has 2 aromatic rings. The molecule has 0 radical (unpaired) electrons. The Bertz CT molecular complexity index is 719. The molecule has 0 aliphatic rings. The monoisotopic (exact) mass is 346 g/mol. The van der Waals surface area contributed by atoms with Crippen molar-refractivity contribution in [3.63, 3.8) is 0 Å². The minimum atomic E-state index is -0.627. The van der Waals surface area contributed by atoms with Crippen LogP contribution in [0.5, 0.6) is 0 Å². The highest BCUT2D eigenvalue weighted by molar-refractivity contribution is 6.29. The van der Waals surface area contributed by atoms with Crippen molar-refractivity contribution in [1.82, 2.24) is 4.98 Å². The van der Waals surface area contributed by atoms with Crippen molar-refractivity contribution in [2.45, 2.75) is 26.2 Å². The van der Waals surface area contributed by atoms with Crippen molar-refractivity contribution >= 4 is 29.2 Å². The lowest BCUT2D eigenvalue weighted by molar-refractivity contribution is -0.119. The van der Waals surface area contributed by atoms with E-state index in [0.29, 0.717) is 5.69 Å². The van der Waals surface area contributed by atoms with Crippen LogP contribution in [0.25, 0.3) is 0 Å². The largest absolute Gasteiger partial charge is 0.452 e. The van der Waals surface area contributed by atoms with Gasteiger partial charge in [-0.05, 0) is 35.2 Å². The smallest absolute Gasteiger partial charge is 0.340 e. The average Bonchev–Trinajstić information content (AvgIpc) is 2.53.